The highest BCUT2D eigenvalue weighted by Crippen LogP contribution is 2.38. The smallest absolute Gasteiger partial charge is 0.375 e. The summed E-state index contributed by atoms with van der Waals surface area (Å²) in [5, 5.41) is -0.166. The Balaban J connectivity index is 2.04. The lowest BCUT2D eigenvalue weighted by atomic mass is 10.1. The molecule has 2 aromatic heterocycles. The second kappa shape index (κ2) is 8.43. The number of ether oxygens (including phenoxy) is 1. The molecule has 2 aromatic rings. The van der Waals surface area contributed by atoms with Gasteiger partial charge >= 0.3 is 6.11 Å². The Bertz CT molecular complexity index is 985. The molecule has 0 aromatic carbocycles. The van der Waals surface area contributed by atoms with Gasteiger partial charge in [-0.3, -0.25) is 4.74 Å². The molecule has 3 rings (SSSR count). The molecule has 1 aliphatic rings. The number of allylic oxidation sites excluding steroid dienone is 5. The van der Waals surface area contributed by atoms with Crippen molar-refractivity contribution in [2.24, 2.45) is 5.92 Å². The first-order chi connectivity index (χ1) is 14.0. The van der Waals surface area contributed by atoms with E-state index in [4.69, 9.17) is 16.0 Å². The highest BCUT2D eigenvalue weighted by Gasteiger charge is 2.49. The number of alkyl halides is 3. The van der Waals surface area contributed by atoms with Crippen LogP contribution in [0.15, 0.2) is 41.4 Å². The van der Waals surface area contributed by atoms with Crippen molar-refractivity contribution in [1.82, 2.24) is 9.97 Å². The first-order valence-electron chi connectivity index (χ1n) is 9.54. The molecular weight excluding hydrogens is 419 g/mol. The predicted octanol–water partition coefficient (Wildman–Crippen LogP) is 6.16. The molecule has 0 saturated carbocycles. The van der Waals surface area contributed by atoms with Crippen molar-refractivity contribution in [2.45, 2.75) is 39.2 Å². The second-order valence-corrected chi connectivity index (χ2v) is 7.77. The average molecular weight is 442 g/mol. The van der Waals surface area contributed by atoms with Crippen molar-refractivity contribution < 1.29 is 22.3 Å². The number of fused-ring (bicyclic) bond motifs is 1. The Labute approximate surface area is 177 Å². The van der Waals surface area contributed by atoms with Gasteiger partial charge in [0.2, 0.25) is 11.1 Å². The van der Waals surface area contributed by atoms with Gasteiger partial charge in [0.15, 0.2) is 11.4 Å². The van der Waals surface area contributed by atoms with Crippen molar-refractivity contribution in [3.63, 3.8) is 0 Å². The van der Waals surface area contributed by atoms with Crippen LogP contribution in [0.5, 0.6) is 0 Å². The highest BCUT2D eigenvalue weighted by molar-refractivity contribution is 6.28. The zero-order valence-electron chi connectivity index (χ0n) is 17.0. The molecule has 0 bridgehead atoms. The SMILES string of the molecule is C=C/C(=C\C=C/C(C)CC)c1cc2nc(Cl)nc(N3CC(C)(F)OC(F)(F)C3)c2o1. The van der Waals surface area contributed by atoms with Gasteiger partial charge in [0, 0.05) is 11.6 Å². The number of hydrogen-bond donors (Lipinski definition) is 0. The number of rotatable bonds is 6. The number of nitrogens with zero attached hydrogens (tertiary/aromatic N) is 3. The molecule has 1 saturated heterocycles. The largest absolute Gasteiger partial charge is 0.450 e. The van der Waals surface area contributed by atoms with Gasteiger partial charge in [0.25, 0.3) is 0 Å². The quantitative estimate of drug-likeness (QED) is 0.396. The van der Waals surface area contributed by atoms with Crippen LogP contribution in [-0.4, -0.2) is 35.0 Å². The third-order valence-electron chi connectivity index (χ3n) is 4.70. The van der Waals surface area contributed by atoms with Crippen LogP contribution in [0.4, 0.5) is 19.0 Å². The molecule has 0 aliphatic carbocycles. The lowest BCUT2D eigenvalue weighted by Crippen LogP contribution is -2.55. The number of aromatic nitrogens is 2. The molecule has 5 nitrogen and oxygen atoms in total. The molecule has 0 spiro atoms. The summed E-state index contributed by atoms with van der Waals surface area (Å²) in [6.45, 7) is 7.55. The van der Waals surface area contributed by atoms with E-state index < -0.39 is 25.1 Å². The maximum Gasteiger partial charge on any atom is 0.375 e. The van der Waals surface area contributed by atoms with Crippen molar-refractivity contribution in [2.75, 3.05) is 18.0 Å². The molecule has 0 radical (unpaired) electrons. The topological polar surface area (TPSA) is 51.4 Å². The van der Waals surface area contributed by atoms with Gasteiger partial charge < -0.3 is 9.32 Å². The molecule has 2 atom stereocenters. The Kier molecular flexibility index (Phi) is 6.29. The van der Waals surface area contributed by atoms with Crippen molar-refractivity contribution >= 4 is 34.1 Å². The Morgan fingerprint density at radius 3 is 2.73 bits per heavy atom. The van der Waals surface area contributed by atoms with Gasteiger partial charge in [-0.15, -0.1) is 0 Å². The number of halogens is 4. The first-order valence-corrected chi connectivity index (χ1v) is 9.91. The van der Waals surface area contributed by atoms with E-state index in [1.807, 2.05) is 18.2 Å². The predicted molar refractivity (Wildman–Crippen MR) is 111 cm³/mol. The molecule has 3 heterocycles. The van der Waals surface area contributed by atoms with Gasteiger partial charge in [0.1, 0.15) is 17.8 Å². The molecule has 1 fully saturated rings. The minimum Gasteiger partial charge on any atom is -0.450 e. The van der Waals surface area contributed by atoms with Crippen LogP contribution in [0.1, 0.15) is 33.0 Å². The van der Waals surface area contributed by atoms with Gasteiger partial charge in [-0.25, -0.2) is 9.37 Å². The minimum atomic E-state index is -3.70. The molecule has 30 heavy (non-hydrogen) atoms. The standard InChI is InChI=1S/C21H23ClF3N3O2/c1-5-13(3)8-7-9-14(6-2)16-10-15-17(29-16)18(27-19(22)26-15)28-11-20(4,23)30-21(24,25)12-28/h6-10,13H,2,5,11-12H2,1,3-4H3/b8-7-,14-9+. The summed E-state index contributed by atoms with van der Waals surface area (Å²) in [5.41, 5.74) is 1.10. The van der Waals surface area contributed by atoms with Gasteiger partial charge in [-0.2, -0.15) is 13.8 Å². The van der Waals surface area contributed by atoms with Gasteiger partial charge in [-0.05, 0) is 24.4 Å². The molecule has 0 N–H and O–H groups in total. The van der Waals surface area contributed by atoms with Gasteiger partial charge in [-0.1, -0.05) is 51.2 Å². The van der Waals surface area contributed by atoms with Crippen molar-refractivity contribution in [3.8, 4) is 0 Å². The highest BCUT2D eigenvalue weighted by atomic mass is 35.5. The summed E-state index contributed by atoms with van der Waals surface area (Å²) in [5.74, 6) is -1.78. The average Bonchev–Trinajstić information content (AvgIpc) is 3.05. The zero-order valence-corrected chi connectivity index (χ0v) is 17.7. The third-order valence-corrected chi connectivity index (χ3v) is 4.87. The molecule has 2 unspecified atom stereocenters. The maximum absolute atomic E-state index is 14.3. The van der Waals surface area contributed by atoms with E-state index in [2.05, 4.69) is 35.1 Å². The van der Waals surface area contributed by atoms with Crippen LogP contribution >= 0.6 is 11.6 Å². The number of furan rings is 1. The summed E-state index contributed by atoms with van der Waals surface area (Å²) in [6.07, 6.45) is 4.69. The Hall–Kier alpha value is -2.32. The zero-order chi connectivity index (χ0) is 22.1. The second-order valence-electron chi connectivity index (χ2n) is 7.44. The third kappa shape index (κ3) is 5.05. The maximum atomic E-state index is 14.3. The first kappa shape index (κ1) is 22.4. The summed E-state index contributed by atoms with van der Waals surface area (Å²) in [6, 6.07) is 1.62. The minimum absolute atomic E-state index is 0.0262. The van der Waals surface area contributed by atoms with E-state index in [1.54, 1.807) is 12.1 Å². The van der Waals surface area contributed by atoms with E-state index >= 15 is 0 Å². The molecule has 0 amide bonds. The molecule has 162 valence electrons. The number of anilines is 1. The molecule has 1 aliphatic heterocycles. The van der Waals surface area contributed by atoms with E-state index in [9.17, 15) is 13.2 Å². The van der Waals surface area contributed by atoms with E-state index in [0.29, 0.717) is 22.8 Å². The normalized spacial score (nSPS) is 23.3. The van der Waals surface area contributed by atoms with Crippen LogP contribution in [0.3, 0.4) is 0 Å². The van der Waals surface area contributed by atoms with E-state index in [-0.39, 0.29) is 16.7 Å². The van der Waals surface area contributed by atoms with Crippen LogP contribution < -0.4 is 4.90 Å². The Morgan fingerprint density at radius 2 is 2.10 bits per heavy atom. The molecular formula is C21H23ClF3N3O2. The van der Waals surface area contributed by atoms with Gasteiger partial charge in [0.05, 0.1) is 6.54 Å². The summed E-state index contributed by atoms with van der Waals surface area (Å²) < 4.78 is 52.3. The number of morpholine rings is 1. The van der Waals surface area contributed by atoms with Crippen LogP contribution in [0.2, 0.25) is 5.28 Å². The fourth-order valence-corrected chi connectivity index (χ4v) is 3.30. The fraction of sp³-hybridized carbons (Fsp3) is 0.429. The Morgan fingerprint density at radius 1 is 1.37 bits per heavy atom. The summed E-state index contributed by atoms with van der Waals surface area (Å²) >= 11 is 5.99. The van der Waals surface area contributed by atoms with Crippen LogP contribution in [0, 0.1) is 5.92 Å². The fourth-order valence-electron chi connectivity index (χ4n) is 3.12. The summed E-state index contributed by atoms with van der Waals surface area (Å²) in [4.78, 5) is 9.18. The van der Waals surface area contributed by atoms with E-state index in [0.717, 1.165) is 18.2 Å². The molecule has 9 heteroatoms. The van der Waals surface area contributed by atoms with Crippen molar-refractivity contribution in [1.29, 1.82) is 0 Å². The van der Waals surface area contributed by atoms with Crippen LogP contribution in [0.25, 0.3) is 16.7 Å². The van der Waals surface area contributed by atoms with Crippen molar-refractivity contribution in [3.05, 3.63) is 48.0 Å². The van der Waals surface area contributed by atoms with E-state index in [1.165, 1.54) is 0 Å². The number of hydrogen-bond acceptors (Lipinski definition) is 5. The summed E-state index contributed by atoms with van der Waals surface area (Å²) in [7, 11) is 0. The van der Waals surface area contributed by atoms with Crippen LogP contribution in [-0.2, 0) is 4.74 Å². The lowest BCUT2D eigenvalue weighted by Gasteiger charge is -2.39. The monoisotopic (exact) mass is 441 g/mol. The lowest BCUT2D eigenvalue weighted by molar-refractivity contribution is -0.331.